The van der Waals surface area contributed by atoms with E-state index in [2.05, 4.69) is 31.4 Å². The van der Waals surface area contributed by atoms with Gasteiger partial charge in [0.1, 0.15) is 0 Å². The Morgan fingerprint density at radius 1 is 0.875 bits per heavy atom. The minimum Gasteiger partial charge on any atom is -0.351 e. The van der Waals surface area contributed by atoms with Crippen LogP contribution in [0.1, 0.15) is 60.7 Å². The molecule has 4 nitrogen and oxygen atoms in total. The Balaban J connectivity index is 1.71. The summed E-state index contributed by atoms with van der Waals surface area (Å²) in [5.74, 6) is -0.523. The molecule has 2 aromatic rings. The fourth-order valence-corrected chi connectivity index (χ4v) is 5.62. The van der Waals surface area contributed by atoms with Gasteiger partial charge in [0, 0.05) is 22.6 Å². The predicted molar refractivity (Wildman–Crippen MR) is 132 cm³/mol. The van der Waals surface area contributed by atoms with E-state index in [9.17, 15) is 9.59 Å². The lowest BCUT2D eigenvalue weighted by atomic mass is 9.62. The summed E-state index contributed by atoms with van der Waals surface area (Å²) < 4.78 is 0. The third kappa shape index (κ3) is 6.32. The maximum Gasteiger partial charge on any atom is 0.253 e. The number of nitrogens with one attached hydrogen (secondary N) is 2. The maximum atomic E-state index is 12.9. The molecule has 2 amide bonds. The van der Waals surface area contributed by atoms with Crippen molar-refractivity contribution in [2.75, 3.05) is 6.54 Å². The molecule has 0 aromatic heterocycles. The van der Waals surface area contributed by atoms with E-state index >= 15 is 0 Å². The Kier molecular flexibility index (Phi) is 7.71. The van der Waals surface area contributed by atoms with E-state index in [1.165, 1.54) is 0 Å². The van der Waals surface area contributed by atoms with E-state index in [0.717, 1.165) is 12.8 Å². The normalized spacial score (nSPS) is 22.3. The third-order valence-corrected chi connectivity index (χ3v) is 6.93. The average molecular weight is 516 g/mol. The molecule has 1 fully saturated rings. The summed E-state index contributed by atoms with van der Waals surface area (Å²) in [5.41, 5.74) is 0.450. The summed E-state index contributed by atoms with van der Waals surface area (Å²) in [7, 11) is 0. The standard InChI is InChI=1S/C24H26Cl4N2O2/c1-23(2)10-16(30-22(32)18-9-15(26)5-7-20(18)28)11-24(3,12-23)13-29-21(31)17-8-14(25)4-6-19(17)27/h4-9,16H,10-13H2,1-3H3,(H,29,31)(H,30,32). The smallest absolute Gasteiger partial charge is 0.253 e. The van der Waals surface area contributed by atoms with E-state index < -0.39 is 0 Å². The lowest BCUT2D eigenvalue weighted by molar-refractivity contribution is 0.0592. The van der Waals surface area contributed by atoms with Crippen molar-refractivity contribution in [2.24, 2.45) is 10.8 Å². The second-order valence-electron chi connectivity index (χ2n) is 9.66. The van der Waals surface area contributed by atoms with Crippen LogP contribution in [0.4, 0.5) is 0 Å². The highest BCUT2D eigenvalue weighted by molar-refractivity contribution is 6.36. The highest BCUT2D eigenvalue weighted by Gasteiger charge is 2.42. The minimum atomic E-state index is -0.270. The van der Waals surface area contributed by atoms with E-state index in [0.29, 0.717) is 44.2 Å². The zero-order chi connectivity index (χ0) is 23.7. The molecule has 0 aliphatic heterocycles. The molecule has 1 saturated carbocycles. The number of carbonyl (C=O) groups excluding carboxylic acids is 2. The first-order valence-electron chi connectivity index (χ1n) is 10.4. The van der Waals surface area contributed by atoms with Crippen molar-refractivity contribution < 1.29 is 9.59 Å². The van der Waals surface area contributed by atoms with Gasteiger partial charge in [-0.3, -0.25) is 9.59 Å². The molecule has 0 spiro atoms. The van der Waals surface area contributed by atoms with E-state index in [4.69, 9.17) is 46.4 Å². The zero-order valence-corrected chi connectivity index (χ0v) is 21.2. The number of hydrogen-bond donors (Lipinski definition) is 2. The van der Waals surface area contributed by atoms with Gasteiger partial charge in [0.2, 0.25) is 0 Å². The van der Waals surface area contributed by atoms with Crippen molar-refractivity contribution >= 4 is 58.2 Å². The molecule has 3 rings (SSSR count). The second kappa shape index (κ2) is 9.80. The molecule has 0 saturated heterocycles. The Morgan fingerprint density at radius 2 is 1.41 bits per heavy atom. The van der Waals surface area contributed by atoms with Gasteiger partial charge in [0.05, 0.1) is 21.2 Å². The van der Waals surface area contributed by atoms with Gasteiger partial charge in [-0.05, 0) is 66.5 Å². The van der Waals surface area contributed by atoms with Crippen molar-refractivity contribution in [3.8, 4) is 0 Å². The summed E-state index contributed by atoms with van der Waals surface area (Å²) in [6.45, 7) is 6.92. The topological polar surface area (TPSA) is 58.2 Å². The molecule has 32 heavy (non-hydrogen) atoms. The number of amides is 2. The van der Waals surface area contributed by atoms with Crippen molar-refractivity contribution in [2.45, 2.75) is 46.1 Å². The highest BCUT2D eigenvalue weighted by atomic mass is 35.5. The molecule has 172 valence electrons. The van der Waals surface area contributed by atoms with Crippen molar-refractivity contribution in [1.82, 2.24) is 10.6 Å². The summed E-state index contributed by atoms with van der Waals surface area (Å²) in [6.07, 6.45) is 2.43. The quantitative estimate of drug-likeness (QED) is 0.448. The first-order chi connectivity index (χ1) is 14.9. The van der Waals surface area contributed by atoms with Crippen LogP contribution in [-0.2, 0) is 0 Å². The molecule has 2 atom stereocenters. The van der Waals surface area contributed by atoms with Crippen molar-refractivity contribution in [3.05, 3.63) is 67.6 Å². The van der Waals surface area contributed by atoms with Crippen LogP contribution < -0.4 is 10.6 Å². The minimum absolute atomic E-state index is 0.0263. The van der Waals surface area contributed by atoms with Gasteiger partial charge in [0.25, 0.3) is 11.8 Å². The maximum absolute atomic E-state index is 12.9. The monoisotopic (exact) mass is 514 g/mol. The molecule has 8 heteroatoms. The predicted octanol–water partition coefficient (Wildman–Crippen LogP) is 7.05. The van der Waals surface area contributed by atoms with Crippen LogP contribution in [0, 0.1) is 10.8 Å². The van der Waals surface area contributed by atoms with E-state index in [-0.39, 0.29) is 28.7 Å². The van der Waals surface area contributed by atoms with Crippen LogP contribution in [0.25, 0.3) is 0 Å². The molecular weight excluding hydrogens is 490 g/mol. The first kappa shape index (κ1) is 25.2. The Morgan fingerprint density at radius 3 is 1.97 bits per heavy atom. The fraction of sp³-hybridized carbons (Fsp3) is 0.417. The summed E-state index contributed by atoms with van der Waals surface area (Å²) in [5, 5.41) is 7.73. The zero-order valence-electron chi connectivity index (χ0n) is 18.2. The number of carbonyl (C=O) groups is 2. The molecular formula is C24H26Cl4N2O2. The van der Waals surface area contributed by atoms with Crippen LogP contribution in [0.3, 0.4) is 0 Å². The van der Waals surface area contributed by atoms with Crippen molar-refractivity contribution in [3.63, 3.8) is 0 Å². The van der Waals surface area contributed by atoms with Crippen LogP contribution in [0.15, 0.2) is 36.4 Å². The first-order valence-corrected chi connectivity index (χ1v) is 11.9. The van der Waals surface area contributed by atoms with Crippen LogP contribution >= 0.6 is 46.4 Å². The number of halogens is 4. The molecule has 1 aliphatic rings. The van der Waals surface area contributed by atoms with Gasteiger partial charge in [-0.25, -0.2) is 0 Å². The molecule has 2 N–H and O–H groups in total. The van der Waals surface area contributed by atoms with Gasteiger partial charge >= 0.3 is 0 Å². The van der Waals surface area contributed by atoms with E-state index in [1.807, 2.05) is 0 Å². The fourth-order valence-electron chi connectivity index (χ4n) is 4.87. The summed E-state index contributed by atoms with van der Waals surface area (Å²) >= 11 is 24.4. The van der Waals surface area contributed by atoms with Crippen LogP contribution in [0.5, 0.6) is 0 Å². The molecule has 0 heterocycles. The summed E-state index contributed by atoms with van der Waals surface area (Å²) in [4.78, 5) is 25.6. The van der Waals surface area contributed by atoms with Gasteiger partial charge in [-0.2, -0.15) is 0 Å². The van der Waals surface area contributed by atoms with Gasteiger partial charge in [-0.1, -0.05) is 67.2 Å². The highest BCUT2D eigenvalue weighted by Crippen LogP contribution is 2.46. The number of rotatable bonds is 5. The lowest BCUT2D eigenvalue weighted by Crippen LogP contribution is -2.50. The van der Waals surface area contributed by atoms with Gasteiger partial charge in [-0.15, -0.1) is 0 Å². The number of benzene rings is 2. The SMILES string of the molecule is CC1(C)CC(NC(=O)c2cc(Cl)ccc2Cl)CC(C)(CNC(=O)c2cc(Cl)ccc2Cl)C1. The second-order valence-corrected chi connectivity index (χ2v) is 11.3. The Bertz CT molecular complexity index is 1040. The lowest BCUT2D eigenvalue weighted by Gasteiger charge is -2.47. The van der Waals surface area contributed by atoms with Crippen molar-refractivity contribution in [1.29, 1.82) is 0 Å². The van der Waals surface area contributed by atoms with Crippen LogP contribution in [-0.4, -0.2) is 24.4 Å². The van der Waals surface area contributed by atoms with E-state index in [1.54, 1.807) is 36.4 Å². The molecule has 0 radical (unpaired) electrons. The molecule has 2 unspecified atom stereocenters. The Labute approximate surface area is 208 Å². The third-order valence-electron chi connectivity index (χ3n) is 5.80. The summed E-state index contributed by atoms with van der Waals surface area (Å²) in [6, 6.07) is 9.58. The van der Waals surface area contributed by atoms with Gasteiger partial charge in [0.15, 0.2) is 0 Å². The average Bonchev–Trinajstić information content (AvgIpc) is 2.68. The molecule has 0 bridgehead atoms. The number of hydrogen-bond acceptors (Lipinski definition) is 2. The molecule has 1 aliphatic carbocycles. The van der Waals surface area contributed by atoms with Crippen LogP contribution in [0.2, 0.25) is 20.1 Å². The molecule has 2 aromatic carbocycles. The van der Waals surface area contributed by atoms with Gasteiger partial charge < -0.3 is 10.6 Å². The largest absolute Gasteiger partial charge is 0.351 e. The Hall–Kier alpha value is -1.46.